The molecule has 1 atom stereocenters. The van der Waals surface area contributed by atoms with Gasteiger partial charge in [-0.1, -0.05) is 49.4 Å². The number of hydrogen-bond donors (Lipinski definition) is 2. The first-order chi connectivity index (χ1) is 8.79. The van der Waals surface area contributed by atoms with Crippen molar-refractivity contribution in [2.45, 2.75) is 6.92 Å². The highest BCUT2D eigenvalue weighted by Crippen LogP contribution is 2.20. The fourth-order valence-electron chi connectivity index (χ4n) is 1.77. The third kappa shape index (κ3) is 3.34. The molecule has 0 spiro atoms. The van der Waals surface area contributed by atoms with E-state index in [0.29, 0.717) is 0 Å². The van der Waals surface area contributed by atoms with Gasteiger partial charge < -0.3 is 10.4 Å². The van der Waals surface area contributed by atoms with Crippen molar-refractivity contribution < 1.29 is 5.11 Å². The van der Waals surface area contributed by atoms with Gasteiger partial charge >= 0.3 is 0 Å². The third-order valence-corrected chi connectivity index (χ3v) is 2.96. The number of rotatable bonds is 5. The summed E-state index contributed by atoms with van der Waals surface area (Å²) in [7, 11) is 0. The van der Waals surface area contributed by atoms with Crippen LogP contribution in [0.1, 0.15) is 6.92 Å². The molecular weight excluding hydrogens is 222 g/mol. The second-order valence-corrected chi connectivity index (χ2v) is 4.61. The molecule has 0 aliphatic heterocycles. The van der Waals surface area contributed by atoms with E-state index in [2.05, 4.69) is 41.7 Å². The van der Waals surface area contributed by atoms with Crippen LogP contribution in [0.3, 0.4) is 0 Å². The zero-order chi connectivity index (χ0) is 12.8. The summed E-state index contributed by atoms with van der Waals surface area (Å²) in [5.41, 5.74) is 3.54. The smallest absolute Gasteiger partial charge is 0.0473 e. The Hall–Kier alpha value is -1.80. The van der Waals surface area contributed by atoms with Crippen LogP contribution in [0.15, 0.2) is 54.6 Å². The maximum Gasteiger partial charge on any atom is 0.0473 e. The predicted octanol–water partition coefficient (Wildman–Crippen LogP) is 3.39. The molecule has 94 valence electrons. The summed E-state index contributed by atoms with van der Waals surface area (Å²) in [6, 6.07) is 18.7. The summed E-state index contributed by atoms with van der Waals surface area (Å²) >= 11 is 0. The standard InChI is InChI=1S/C16H19NO/c1-13(12-18)11-17-16-9-7-15(8-10-16)14-5-3-2-4-6-14/h2-10,13,17-18H,11-12H2,1H3. The molecule has 0 heterocycles. The van der Waals surface area contributed by atoms with Crippen molar-refractivity contribution in [2.24, 2.45) is 5.92 Å². The zero-order valence-electron chi connectivity index (χ0n) is 10.6. The van der Waals surface area contributed by atoms with Gasteiger partial charge in [-0.25, -0.2) is 0 Å². The van der Waals surface area contributed by atoms with Crippen molar-refractivity contribution in [1.82, 2.24) is 0 Å². The van der Waals surface area contributed by atoms with Gasteiger partial charge in [-0.05, 0) is 29.2 Å². The average molecular weight is 241 g/mol. The number of aliphatic hydroxyl groups is 1. The van der Waals surface area contributed by atoms with Crippen LogP contribution in [-0.2, 0) is 0 Å². The van der Waals surface area contributed by atoms with Crippen LogP contribution in [0.4, 0.5) is 5.69 Å². The van der Waals surface area contributed by atoms with Crippen molar-refractivity contribution in [3.8, 4) is 11.1 Å². The van der Waals surface area contributed by atoms with E-state index in [0.717, 1.165) is 12.2 Å². The normalized spacial score (nSPS) is 12.1. The molecule has 0 aromatic heterocycles. The molecule has 2 N–H and O–H groups in total. The van der Waals surface area contributed by atoms with Gasteiger partial charge in [-0.3, -0.25) is 0 Å². The largest absolute Gasteiger partial charge is 0.396 e. The van der Waals surface area contributed by atoms with E-state index in [1.807, 2.05) is 25.1 Å². The number of anilines is 1. The summed E-state index contributed by atoms with van der Waals surface area (Å²) in [5.74, 6) is 0.277. The Morgan fingerprint density at radius 2 is 1.56 bits per heavy atom. The lowest BCUT2D eigenvalue weighted by atomic mass is 10.1. The van der Waals surface area contributed by atoms with Crippen molar-refractivity contribution >= 4 is 5.69 Å². The van der Waals surface area contributed by atoms with Crippen LogP contribution in [0.25, 0.3) is 11.1 Å². The van der Waals surface area contributed by atoms with Gasteiger partial charge in [0, 0.05) is 18.8 Å². The Labute approximate surface area is 108 Å². The van der Waals surface area contributed by atoms with Gasteiger partial charge in [-0.2, -0.15) is 0 Å². The van der Waals surface area contributed by atoms with E-state index in [-0.39, 0.29) is 12.5 Å². The first-order valence-electron chi connectivity index (χ1n) is 6.30. The van der Waals surface area contributed by atoms with Crippen LogP contribution < -0.4 is 5.32 Å². The van der Waals surface area contributed by atoms with E-state index in [1.165, 1.54) is 11.1 Å². The molecule has 1 unspecified atom stereocenters. The summed E-state index contributed by atoms with van der Waals surface area (Å²) in [4.78, 5) is 0. The van der Waals surface area contributed by atoms with Gasteiger partial charge in [0.15, 0.2) is 0 Å². The van der Waals surface area contributed by atoms with E-state index in [9.17, 15) is 0 Å². The second-order valence-electron chi connectivity index (χ2n) is 4.61. The Bertz CT molecular complexity index is 464. The maximum absolute atomic E-state index is 8.97. The monoisotopic (exact) mass is 241 g/mol. The fourth-order valence-corrected chi connectivity index (χ4v) is 1.77. The number of aliphatic hydroxyl groups excluding tert-OH is 1. The molecule has 2 nitrogen and oxygen atoms in total. The molecule has 0 bridgehead atoms. The molecule has 0 saturated carbocycles. The van der Waals surface area contributed by atoms with Crippen LogP contribution in [0.2, 0.25) is 0 Å². The van der Waals surface area contributed by atoms with E-state index >= 15 is 0 Å². The fraction of sp³-hybridized carbons (Fsp3) is 0.250. The summed E-state index contributed by atoms with van der Waals surface area (Å²) in [5, 5.41) is 12.3. The first-order valence-corrected chi connectivity index (χ1v) is 6.30. The molecule has 0 saturated heterocycles. The number of nitrogens with one attached hydrogen (secondary N) is 1. The molecule has 2 heteroatoms. The number of benzene rings is 2. The van der Waals surface area contributed by atoms with E-state index in [4.69, 9.17) is 5.11 Å². The molecule has 0 radical (unpaired) electrons. The minimum atomic E-state index is 0.217. The lowest BCUT2D eigenvalue weighted by Gasteiger charge is -2.11. The maximum atomic E-state index is 8.97. The predicted molar refractivity (Wildman–Crippen MR) is 76.6 cm³/mol. The summed E-state index contributed by atoms with van der Waals surface area (Å²) in [6.07, 6.45) is 0. The average Bonchev–Trinajstić information content (AvgIpc) is 2.46. The Morgan fingerprint density at radius 1 is 0.944 bits per heavy atom. The topological polar surface area (TPSA) is 32.3 Å². The molecule has 0 aliphatic carbocycles. The minimum Gasteiger partial charge on any atom is -0.396 e. The Kier molecular flexibility index (Phi) is 4.37. The van der Waals surface area contributed by atoms with Crippen molar-refractivity contribution in [1.29, 1.82) is 0 Å². The lowest BCUT2D eigenvalue weighted by Crippen LogP contribution is -2.14. The van der Waals surface area contributed by atoms with Crippen LogP contribution in [0, 0.1) is 5.92 Å². The van der Waals surface area contributed by atoms with Gasteiger partial charge in [0.1, 0.15) is 0 Å². The van der Waals surface area contributed by atoms with Crippen LogP contribution >= 0.6 is 0 Å². The van der Waals surface area contributed by atoms with Gasteiger partial charge in [0.05, 0.1) is 0 Å². The quantitative estimate of drug-likeness (QED) is 0.841. The minimum absolute atomic E-state index is 0.217. The molecular formula is C16H19NO. The van der Waals surface area contributed by atoms with Gasteiger partial charge in [-0.15, -0.1) is 0 Å². The number of hydrogen-bond acceptors (Lipinski definition) is 2. The molecule has 0 aliphatic rings. The molecule has 18 heavy (non-hydrogen) atoms. The highest BCUT2D eigenvalue weighted by Gasteiger charge is 2.00. The zero-order valence-corrected chi connectivity index (χ0v) is 10.6. The molecule has 0 amide bonds. The SMILES string of the molecule is CC(CO)CNc1ccc(-c2ccccc2)cc1. The van der Waals surface area contributed by atoms with E-state index in [1.54, 1.807) is 0 Å². The van der Waals surface area contributed by atoms with Gasteiger partial charge in [0.25, 0.3) is 0 Å². The van der Waals surface area contributed by atoms with Crippen molar-refractivity contribution in [2.75, 3.05) is 18.5 Å². The van der Waals surface area contributed by atoms with Crippen molar-refractivity contribution in [3.63, 3.8) is 0 Å². The molecule has 2 aromatic carbocycles. The van der Waals surface area contributed by atoms with Crippen LogP contribution in [-0.4, -0.2) is 18.3 Å². The van der Waals surface area contributed by atoms with E-state index < -0.39 is 0 Å². The molecule has 2 aromatic rings. The molecule has 2 rings (SSSR count). The van der Waals surface area contributed by atoms with Gasteiger partial charge in [0.2, 0.25) is 0 Å². The van der Waals surface area contributed by atoms with Crippen LogP contribution in [0.5, 0.6) is 0 Å². The highest BCUT2D eigenvalue weighted by molar-refractivity contribution is 5.65. The second kappa shape index (κ2) is 6.22. The van der Waals surface area contributed by atoms with Crippen molar-refractivity contribution in [3.05, 3.63) is 54.6 Å². The Morgan fingerprint density at radius 3 is 2.17 bits per heavy atom. The lowest BCUT2D eigenvalue weighted by molar-refractivity contribution is 0.244. The third-order valence-electron chi connectivity index (χ3n) is 2.96. The molecule has 0 fully saturated rings. The summed E-state index contributed by atoms with van der Waals surface area (Å²) < 4.78 is 0. The summed E-state index contributed by atoms with van der Waals surface area (Å²) in [6.45, 7) is 3.03. The Balaban J connectivity index is 2.02. The first kappa shape index (κ1) is 12.7. The highest BCUT2D eigenvalue weighted by atomic mass is 16.3.